The van der Waals surface area contributed by atoms with Gasteiger partial charge >= 0.3 is 0 Å². The fraction of sp³-hybridized carbons (Fsp3) is 0.233. The van der Waals surface area contributed by atoms with Crippen LogP contribution in [0.15, 0.2) is 84.0 Å². The van der Waals surface area contributed by atoms with E-state index in [0.29, 0.717) is 6.61 Å². The van der Waals surface area contributed by atoms with E-state index in [1.165, 1.54) is 16.7 Å². The van der Waals surface area contributed by atoms with Gasteiger partial charge in [0.05, 0.1) is 11.2 Å². The molecule has 0 unspecified atom stereocenters. The summed E-state index contributed by atoms with van der Waals surface area (Å²) in [7, 11) is 1.74. The number of pyridine rings is 1. The lowest BCUT2D eigenvalue weighted by atomic mass is 10.0. The summed E-state index contributed by atoms with van der Waals surface area (Å²) in [5.74, 6) is 1.72. The van der Waals surface area contributed by atoms with E-state index in [9.17, 15) is 0 Å². The summed E-state index contributed by atoms with van der Waals surface area (Å²) < 4.78 is 7.60. The van der Waals surface area contributed by atoms with E-state index in [0.717, 1.165) is 57.4 Å². The summed E-state index contributed by atoms with van der Waals surface area (Å²) >= 11 is 1.74. The second-order valence-electron chi connectivity index (χ2n) is 8.96. The molecule has 0 aliphatic rings. The van der Waals surface area contributed by atoms with Gasteiger partial charge in [0.25, 0.3) is 0 Å². The molecule has 0 saturated carbocycles. The molecule has 0 amide bonds. The maximum Gasteiger partial charge on any atom is 0.191 e. The van der Waals surface area contributed by atoms with Crippen molar-refractivity contribution in [3.63, 3.8) is 0 Å². The van der Waals surface area contributed by atoms with Crippen LogP contribution in [-0.4, -0.2) is 33.5 Å². The minimum absolute atomic E-state index is 0.686. The second-order valence-corrected chi connectivity index (χ2v) is 9.90. The summed E-state index contributed by atoms with van der Waals surface area (Å²) in [5, 5.41) is 11.4. The van der Waals surface area contributed by atoms with E-state index in [4.69, 9.17) is 14.8 Å². The minimum atomic E-state index is 0.686. The van der Waals surface area contributed by atoms with Crippen molar-refractivity contribution >= 4 is 22.7 Å². The van der Waals surface area contributed by atoms with Gasteiger partial charge in [-0.25, -0.2) is 4.98 Å². The van der Waals surface area contributed by atoms with Crippen LogP contribution in [0.3, 0.4) is 0 Å². The maximum absolute atomic E-state index is 5.36. The molecular weight excluding hydrogens is 464 g/mol. The average molecular weight is 495 g/mol. The number of methoxy groups -OCH3 is 1. The van der Waals surface area contributed by atoms with Crippen molar-refractivity contribution < 1.29 is 4.74 Å². The first kappa shape index (κ1) is 24.2. The van der Waals surface area contributed by atoms with Gasteiger partial charge in [0.2, 0.25) is 0 Å². The third-order valence-electron chi connectivity index (χ3n) is 6.34. The molecule has 0 aliphatic carbocycles. The van der Waals surface area contributed by atoms with Gasteiger partial charge in [-0.15, -0.1) is 10.2 Å². The molecule has 5 nitrogen and oxygen atoms in total. The van der Waals surface area contributed by atoms with Crippen molar-refractivity contribution in [1.29, 1.82) is 0 Å². The van der Waals surface area contributed by atoms with E-state index >= 15 is 0 Å². The van der Waals surface area contributed by atoms with Gasteiger partial charge in [0, 0.05) is 42.5 Å². The van der Waals surface area contributed by atoms with Crippen LogP contribution in [0.25, 0.3) is 33.5 Å². The molecule has 182 valence electrons. The second kappa shape index (κ2) is 11.1. The van der Waals surface area contributed by atoms with Gasteiger partial charge in [-0.05, 0) is 43.5 Å². The molecule has 0 saturated heterocycles. The molecule has 0 spiro atoms. The summed E-state index contributed by atoms with van der Waals surface area (Å²) in [5.41, 5.74) is 7.91. The smallest absolute Gasteiger partial charge is 0.191 e. The van der Waals surface area contributed by atoms with Crippen LogP contribution in [0.2, 0.25) is 0 Å². The minimum Gasteiger partial charge on any atom is -0.385 e. The molecule has 0 aliphatic heterocycles. The van der Waals surface area contributed by atoms with Crippen molar-refractivity contribution in [2.24, 2.45) is 0 Å². The van der Waals surface area contributed by atoms with E-state index in [-0.39, 0.29) is 0 Å². The van der Waals surface area contributed by atoms with Crippen molar-refractivity contribution in [2.75, 3.05) is 13.7 Å². The molecule has 2 heterocycles. The van der Waals surface area contributed by atoms with Crippen LogP contribution in [0, 0.1) is 13.8 Å². The number of aryl methyl sites for hydroxylation is 2. The van der Waals surface area contributed by atoms with Crippen molar-refractivity contribution in [3.8, 4) is 22.6 Å². The van der Waals surface area contributed by atoms with Gasteiger partial charge in [0.15, 0.2) is 11.0 Å². The standard InChI is InChI=1S/C30H30N4OS/c1-21-14-15-22(2)24(18-21)20-36-30-33-32-29(34(30)16-9-17-35-3)26-19-28(23-10-5-4-6-11-23)31-27-13-8-7-12-25(26)27/h4-8,10-15,18-19H,9,16-17,20H2,1-3H3. The van der Waals surface area contributed by atoms with Crippen LogP contribution in [-0.2, 0) is 17.0 Å². The number of rotatable bonds is 9. The lowest BCUT2D eigenvalue weighted by Crippen LogP contribution is -2.06. The Bertz CT molecular complexity index is 1480. The van der Waals surface area contributed by atoms with Crippen LogP contribution in [0.4, 0.5) is 0 Å². The van der Waals surface area contributed by atoms with Gasteiger partial charge in [0.1, 0.15) is 0 Å². The number of hydrogen-bond acceptors (Lipinski definition) is 5. The Hall–Kier alpha value is -3.48. The summed E-state index contributed by atoms with van der Waals surface area (Å²) in [6, 6.07) is 27.3. The number of aromatic nitrogens is 4. The molecule has 2 aromatic heterocycles. The number of ether oxygens (including phenoxy) is 1. The molecule has 6 heteroatoms. The number of hydrogen-bond donors (Lipinski definition) is 0. The lowest BCUT2D eigenvalue weighted by Gasteiger charge is -2.13. The first-order valence-corrected chi connectivity index (χ1v) is 13.2. The van der Waals surface area contributed by atoms with Gasteiger partial charge in [-0.2, -0.15) is 0 Å². The van der Waals surface area contributed by atoms with E-state index in [1.54, 1.807) is 18.9 Å². The Balaban J connectivity index is 1.58. The Morgan fingerprint density at radius 3 is 2.53 bits per heavy atom. The van der Waals surface area contributed by atoms with Crippen LogP contribution in [0.5, 0.6) is 0 Å². The highest BCUT2D eigenvalue weighted by Gasteiger charge is 2.19. The Kier molecular flexibility index (Phi) is 7.44. The molecule has 5 rings (SSSR count). The Labute approximate surface area is 216 Å². The molecular formula is C30H30N4OS. The van der Waals surface area contributed by atoms with Crippen molar-refractivity contribution in [1.82, 2.24) is 19.7 Å². The zero-order valence-corrected chi connectivity index (χ0v) is 21.8. The topological polar surface area (TPSA) is 52.8 Å². The van der Waals surface area contributed by atoms with E-state index in [1.807, 2.05) is 24.3 Å². The third-order valence-corrected chi connectivity index (χ3v) is 7.35. The first-order valence-electron chi connectivity index (χ1n) is 12.2. The SMILES string of the molecule is COCCCn1c(SCc2cc(C)ccc2C)nnc1-c1cc(-c2ccccc2)nc2ccccc12. The monoisotopic (exact) mass is 494 g/mol. The molecule has 36 heavy (non-hydrogen) atoms. The molecule has 0 fully saturated rings. The molecule has 0 bridgehead atoms. The Morgan fingerprint density at radius 1 is 0.889 bits per heavy atom. The van der Waals surface area contributed by atoms with E-state index in [2.05, 4.69) is 78.1 Å². The number of benzene rings is 3. The van der Waals surface area contributed by atoms with Crippen LogP contribution in [0.1, 0.15) is 23.1 Å². The number of thioether (sulfide) groups is 1. The fourth-order valence-electron chi connectivity index (χ4n) is 4.38. The van der Waals surface area contributed by atoms with Gasteiger partial charge < -0.3 is 9.30 Å². The predicted octanol–water partition coefficient (Wildman–Crippen LogP) is 7.11. The normalized spacial score (nSPS) is 11.3. The highest BCUT2D eigenvalue weighted by atomic mass is 32.2. The summed E-state index contributed by atoms with van der Waals surface area (Å²) in [6.07, 6.45) is 0.882. The maximum atomic E-state index is 5.36. The number of nitrogens with zero attached hydrogens (tertiary/aromatic N) is 4. The predicted molar refractivity (Wildman–Crippen MR) is 148 cm³/mol. The molecule has 0 atom stereocenters. The molecule has 0 N–H and O–H groups in total. The molecule has 0 radical (unpaired) electrons. The first-order chi connectivity index (χ1) is 17.6. The third kappa shape index (κ3) is 5.20. The lowest BCUT2D eigenvalue weighted by molar-refractivity contribution is 0.189. The Morgan fingerprint density at radius 2 is 1.69 bits per heavy atom. The van der Waals surface area contributed by atoms with Crippen LogP contribution < -0.4 is 0 Å². The van der Waals surface area contributed by atoms with E-state index < -0.39 is 0 Å². The van der Waals surface area contributed by atoms with Gasteiger partial charge in [-0.3, -0.25) is 0 Å². The number of fused-ring (bicyclic) bond motifs is 1. The molecule has 3 aromatic carbocycles. The average Bonchev–Trinajstić information content (AvgIpc) is 3.31. The highest BCUT2D eigenvalue weighted by molar-refractivity contribution is 7.98. The highest BCUT2D eigenvalue weighted by Crippen LogP contribution is 2.34. The fourth-order valence-corrected chi connectivity index (χ4v) is 5.41. The number of para-hydroxylation sites is 1. The largest absolute Gasteiger partial charge is 0.385 e. The quantitative estimate of drug-likeness (QED) is 0.161. The summed E-state index contributed by atoms with van der Waals surface area (Å²) in [4.78, 5) is 4.95. The summed E-state index contributed by atoms with van der Waals surface area (Å²) in [6.45, 7) is 5.77. The van der Waals surface area contributed by atoms with Crippen LogP contribution >= 0.6 is 11.8 Å². The van der Waals surface area contributed by atoms with Gasteiger partial charge in [-0.1, -0.05) is 84.1 Å². The molecule has 5 aromatic rings. The van der Waals surface area contributed by atoms with Crippen molar-refractivity contribution in [3.05, 3.63) is 95.6 Å². The van der Waals surface area contributed by atoms with Crippen molar-refractivity contribution in [2.45, 2.75) is 37.7 Å². The zero-order chi connectivity index (χ0) is 24.9. The zero-order valence-electron chi connectivity index (χ0n) is 20.9.